The lowest BCUT2D eigenvalue weighted by molar-refractivity contribution is -0.121. The van der Waals surface area contributed by atoms with Gasteiger partial charge < -0.3 is 10.4 Å². The second-order valence-electron chi connectivity index (χ2n) is 6.15. The first-order chi connectivity index (χ1) is 10.2. The van der Waals surface area contributed by atoms with Crippen molar-refractivity contribution in [3.8, 4) is 0 Å². The molecule has 1 aromatic carbocycles. The highest BCUT2D eigenvalue weighted by Gasteiger charge is 2.19. The fourth-order valence-corrected chi connectivity index (χ4v) is 2.90. The van der Waals surface area contributed by atoms with E-state index in [4.69, 9.17) is 0 Å². The lowest BCUT2D eigenvalue weighted by Gasteiger charge is -2.25. The molecule has 0 atom stereocenters. The number of hydrogen-bond donors (Lipinski definition) is 2. The van der Waals surface area contributed by atoms with Crippen molar-refractivity contribution < 1.29 is 9.90 Å². The van der Waals surface area contributed by atoms with Crippen LogP contribution in [0.1, 0.15) is 50.2 Å². The number of carbonyl (C=O) groups excluding carboxylic acids is 1. The van der Waals surface area contributed by atoms with E-state index < -0.39 is 0 Å². The molecule has 21 heavy (non-hydrogen) atoms. The molecule has 3 heteroatoms. The van der Waals surface area contributed by atoms with Crippen LogP contribution in [0.25, 0.3) is 0 Å². The van der Waals surface area contributed by atoms with Crippen molar-refractivity contribution in [2.75, 3.05) is 6.54 Å². The van der Waals surface area contributed by atoms with E-state index in [1.807, 2.05) is 0 Å². The van der Waals surface area contributed by atoms with Crippen LogP contribution in [-0.4, -0.2) is 23.7 Å². The molecule has 2 rings (SSSR count). The van der Waals surface area contributed by atoms with Gasteiger partial charge in [0.2, 0.25) is 5.91 Å². The van der Waals surface area contributed by atoms with Gasteiger partial charge in [0.1, 0.15) is 0 Å². The van der Waals surface area contributed by atoms with Gasteiger partial charge in [0, 0.05) is 13.0 Å². The molecule has 1 aliphatic carbocycles. The highest BCUT2D eigenvalue weighted by Crippen LogP contribution is 2.23. The summed E-state index contributed by atoms with van der Waals surface area (Å²) in [5, 5.41) is 12.5. The van der Waals surface area contributed by atoms with Gasteiger partial charge in [0.15, 0.2) is 0 Å². The summed E-state index contributed by atoms with van der Waals surface area (Å²) in [6.07, 6.45) is 6.11. The van der Waals surface area contributed by atoms with E-state index >= 15 is 0 Å². The molecule has 0 unspecified atom stereocenters. The fraction of sp³-hybridized carbons (Fsp3) is 0.611. The molecule has 1 saturated carbocycles. The molecule has 0 radical (unpaired) electrons. The van der Waals surface area contributed by atoms with Crippen molar-refractivity contribution >= 4 is 5.91 Å². The molecule has 1 aromatic rings. The number of carbonyl (C=O) groups is 1. The van der Waals surface area contributed by atoms with E-state index in [-0.39, 0.29) is 12.0 Å². The van der Waals surface area contributed by atoms with E-state index in [1.165, 1.54) is 11.1 Å². The molecule has 0 aliphatic heterocycles. The monoisotopic (exact) mass is 289 g/mol. The van der Waals surface area contributed by atoms with Gasteiger partial charge in [-0.05, 0) is 55.6 Å². The van der Waals surface area contributed by atoms with Gasteiger partial charge in [-0.1, -0.05) is 31.2 Å². The van der Waals surface area contributed by atoms with Crippen LogP contribution < -0.4 is 5.32 Å². The van der Waals surface area contributed by atoms with E-state index in [9.17, 15) is 9.90 Å². The Balaban J connectivity index is 1.65. The molecule has 1 amide bonds. The summed E-state index contributed by atoms with van der Waals surface area (Å²) in [5.74, 6) is 0.682. The number of hydrogen-bond acceptors (Lipinski definition) is 2. The normalized spacial score (nSPS) is 22.0. The minimum absolute atomic E-state index is 0.122. The van der Waals surface area contributed by atoms with E-state index in [2.05, 4.69) is 36.5 Å². The molecule has 0 heterocycles. The minimum atomic E-state index is -0.122. The minimum Gasteiger partial charge on any atom is -0.393 e. The first-order valence-electron chi connectivity index (χ1n) is 8.20. The molecule has 1 fully saturated rings. The number of aliphatic hydroxyl groups excluding tert-OH is 1. The maximum atomic E-state index is 11.9. The fourth-order valence-electron chi connectivity index (χ4n) is 2.90. The van der Waals surface area contributed by atoms with Gasteiger partial charge in [0.05, 0.1) is 6.10 Å². The van der Waals surface area contributed by atoms with Crippen LogP contribution in [0.3, 0.4) is 0 Å². The van der Waals surface area contributed by atoms with Crippen LogP contribution >= 0.6 is 0 Å². The zero-order valence-corrected chi connectivity index (χ0v) is 13.0. The molecule has 0 saturated heterocycles. The van der Waals surface area contributed by atoms with Crippen molar-refractivity contribution in [2.24, 2.45) is 5.92 Å². The summed E-state index contributed by atoms with van der Waals surface area (Å²) < 4.78 is 0. The molecule has 0 spiro atoms. The van der Waals surface area contributed by atoms with Crippen LogP contribution in [0.5, 0.6) is 0 Å². The summed E-state index contributed by atoms with van der Waals surface area (Å²) in [6.45, 7) is 2.91. The van der Waals surface area contributed by atoms with Crippen molar-refractivity contribution in [3.05, 3.63) is 35.4 Å². The summed E-state index contributed by atoms with van der Waals surface area (Å²) in [7, 11) is 0. The molecule has 3 nitrogen and oxygen atoms in total. The lowest BCUT2D eigenvalue weighted by Crippen LogP contribution is -2.32. The number of amides is 1. The average molecular weight is 289 g/mol. The third kappa shape index (κ3) is 5.50. The Morgan fingerprint density at radius 3 is 2.38 bits per heavy atom. The Morgan fingerprint density at radius 1 is 1.14 bits per heavy atom. The van der Waals surface area contributed by atoms with Crippen LogP contribution in [-0.2, 0) is 17.6 Å². The van der Waals surface area contributed by atoms with Gasteiger partial charge >= 0.3 is 0 Å². The Labute approximate surface area is 127 Å². The van der Waals surface area contributed by atoms with Crippen molar-refractivity contribution in [3.63, 3.8) is 0 Å². The van der Waals surface area contributed by atoms with Crippen molar-refractivity contribution in [1.82, 2.24) is 5.32 Å². The van der Waals surface area contributed by atoms with Crippen LogP contribution in [0.4, 0.5) is 0 Å². The van der Waals surface area contributed by atoms with Gasteiger partial charge in [-0.25, -0.2) is 0 Å². The summed E-state index contributed by atoms with van der Waals surface area (Å²) >= 11 is 0. The topological polar surface area (TPSA) is 49.3 Å². The number of benzene rings is 1. The largest absolute Gasteiger partial charge is 0.393 e. The third-order valence-electron chi connectivity index (χ3n) is 4.48. The molecular formula is C18H27NO2. The molecule has 0 bridgehead atoms. The quantitative estimate of drug-likeness (QED) is 0.846. The van der Waals surface area contributed by atoms with Gasteiger partial charge in [-0.2, -0.15) is 0 Å². The van der Waals surface area contributed by atoms with Crippen molar-refractivity contribution in [1.29, 1.82) is 0 Å². The predicted molar refractivity (Wildman–Crippen MR) is 85.1 cm³/mol. The Hall–Kier alpha value is -1.35. The second kappa shape index (κ2) is 8.18. The molecule has 116 valence electrons. The zero-order chi connectivity index (χ0) is 15.1. The number of aryl methyl sites for hydroxylation is 2. The SMILES string of the molecule is CCc1ccc(CCC(=O)NCC2CCC(O)CC2)cc1. The van der Waals surface area contributed by atoms with E-state index in [0.29, 0.717) is 12.3 Å². The summed E-state index contributed by atoms with van der Waals surface area (Å²) in [4.78, 5) is 11.9. The molecule has 1 aliphatic rings. The number of rotatable bonds is 6. The standard InChI is InChI=1S/C18H27NO2/c1-2-14-3-5-15(6-4-14)9-12-18(21)19-13-16-7-10-17(20)11-8-16/h3-6,16-17,20H,2,7-13H2,1H3,(H,19,21). The van der Waals surface area contributed by atoms with E-state index in [1.54, 1.807) is 0 Å². The summed E-state index contributed by atoms with van der Waals surface area (Å²) in [6, 6.07) is 8.52. The Bertz CT molecular complexity index is 433. The molecule has 0 aromatic heterocycles. The lowest BCUT2D eigenvalue weighted by atomic mass is 9.87. The van der Waals surface area contributed by atoms with Crippen molar-refractivity contribution in [2.45, 2.75) is 58.0 Å². The Kier molecular flexibility index (Phi) is 6.24. The highest BCUT2D eigenvalue weighted by molar-refractivity contribution is 5.76. The van der Waals surface area contributed by atoms with Crippen LogP contribution in [0.15, 0.2) is 24.3 Å². The predicted octanol–water partition coefficient (Wildman–Crippen LogP) is 2.85. The molecular weight excluding hydrogens is 262 g/mol. The van der Waals surface area contributed by atoms with Gasteiger partial charge in [-0.15, -0.1) is 0 Å². The highest BCUT2D eigenvalue weighted by atomic mass is 16.3. The Morgan fingerprint density at radius 2 is 1.76 bits per heavy atom. The number of aliphatic hydroxyl groups is 1. The van der Waals surface area contributed by atoms with Crippen LogP contribution in [0.2, 0.25) is 0 Å². The number of nitrogens with one attached hydrogen (secondary N) is 1. The molecule has 2 N–H and O–H groups in total. The third-order valence-corrected chi connectivity index (χ3v) is 4.48. The maximum Gasteiger partial charge on any atom is 0.220 e. The second-order valence-corrected chi connectivity index (χ2v) is 6.15. The van der Waals surface area contributed by atoms with Gasteiger partial charge in [0.25, 0.3) is 0 Å². The first kappa shape index (κ1) is 16.0. The average Bonchev–Trinajstić information content (AvgIpc) is 2.53. The maximum absolute atomic E-state index is 11.9. The van der Waals surface area contributed by atoms with E-state index in [0.717, 1.165) is 45.1 Å². The zero-order valence-electron chi connectivity index (χ0n) is 13.0. The summed E-state index contributed by atoms with van der Waals surface area (Å²) in [5.41, 5.74) is 2.56. The van der Waals surface area contributed by atoms with Gasteiger partial charge in [-0.3, -0.25) is 4.79 Å². The first-order valence-corrected chi connectivity index (χ1v) is 8.20. The van der Waals surface area contributed by atoms with Crippen LogP contribution in [0, 0.1) is 5.92 Å². The smallest absolute Gasteiger partial charge is 0.220 e.